The summed E-state index contributed by atoms with van der Waals surface area (Å²) in [6.07, 6.45) is 4.71. The number of nitrogens with zero attached hydrogens (tertiary/aromatic N) is 1. The molecular formula is C17H26N2O2S. The summed E-state index contributed by atoms with van der Waals surface area (Å²) in [6, 6.07) is 7.76. The quantitative estimate of drug-likeness (QED) is 0.874. The van der Waals surface area contributed by atoms with Crippen molar-refractivity contribution in [3.05, 3.63) is 29.8 Å². The van der Waals surface area contributed by atoms with Crippen LogP contribution in [0.25, 0.3) is 0 Å². The standard InChI is InChI=1S/C17H26N2O2S/c1-13-3-5-14(6-4-13)21-15-7-10-19(11-8-15)17(20)16(18)9-12-22-2/h3-6,15-16H,7-12,18H2,1-2H3/t16-/m0/s1. The number of carbonyl (C=O) groups is 1. The summed E-state index contributed by atoms with van der Waals surface area (Å²) in [5, 5.41) is 0. The van der Waals surface area contributed by atoms with Crippen LogP contribution in [0.3, 0.4) is 0 Å². The Kier molecular flexibility index (Phi) is 6.58. The second-order valence-electron chi connectivity index (χ2n) is 5.84. The molecule has 1 aliphatic heterocycles. The van der Waals surface area contributed by atoms with Gasteiger partial charge in [-0.05, 0) is 37.5 Å². The molecule has 1 aromatic carbocycles. The van der Waals surface area contributed by atoms with Gasteiger partial charge in [0.25, 0.3) is 0 Å². The zero-order valence-electron chi connectivity index (χ0n) is 13.5. The second kappa shape index (κ2) is 8.44. The fraction of sp³-hybridized carbons (Fsp3) is 0.588. The lowest BCUT2D eigenvalue weighted by atomic mass is 10.1. The van der Waals surface area contributed by atoms with Gasteiger partial charge in [0.05, 0.1) is 6.04 Å². The van der Waals surface area contributed by atoms with Crippen molar-refractivity contribution in [2.24, 2.45) is 5.73 Å². The van der Waals surface area contributed by atoms with Gasteiger partial charge in [-0.2, -0.15) is 11.8 Å². The minimum absolute atomic E-state index is 0.0860. The van der Waals surface area contributed by atoms with Gasteiger partial charge in [0.2, 0.25) is 5.91 Å². The highest BCUT2D eigenvalue weighted by Gasteiger charge is 2.26. The summed E-state index contributed by atoms with van der Waals surface area (Å²) in [5.74, 6) is 1.93. The van der Waals surface area contributed by atoms with E-state index in [1.165, 1.54) is 5.56 Å². The maximum atomic E-state index is 12.3. The van der Waals surface area contributed by atoms with Crippen molar-refractivity contribution >= 4 is 17.7 Å². The first-order valence-electron chi connectivity index (χ1n) is 7.87. The van der Waals surface area contributed by atoms with E-state index in [1.807, 2.05) is 23.3 Å². The Bertz CT molecular complexity index is 470. The van der Waals surface area contributed by atoms with Gasteiger partial charge in [-0.1, -0.05) is 17.7 Å². The Labute approximate surface area is 137 Å². The summed E-state index contributed by atoms with van der Waals surface area (Å²) >= 11 is 1.73. The molecule has 2 N–H and O–H groups in total. The first-order chi connectivity index (χ1) is 10.6. The summed E-state index contributed by atoms with van der Waals surface area (Å²) in [5.41, 5.74) is 7.20. The number of likely N-dealkylation sites (tertiary alicyclic amines) is 1. The number of carbonyl (C=O) groups excluding carboxylic acids is 1. The van der Waals surface area contributed by atoms with Crippen LogP contribution in [-0.4, -0.2) is 48.1 Å². The van der Waals surface area contributed by atoms with Crippen LogP contribution in [-0.2, 0) is 4.79 Å². The minimum Gasteiger partial charge on any atom is -0.490 e. The third kappa shape index (κ3) is 4.92. The Morgan fingerprint density at radius 2 is 2.00 bits per heavy atom. The van der Waals surface area contributed by atoms with E-state index in [4.69, 9.17) is 10.5 Å². The van der Waals surface area contributed by atoms with Gasteiger partial charge in [-0.15, -0.1) is 0 Å². The van der Waals surface area contributed by atoms with Gasteiger partial charge in [-0.25, -0.2) is 0 Å². The first kappa shape index (κ1) is 17.2. The Balaban J connectivity index is 1.77. The van der Waals surface area contributed by atoms with Crippen molar-refractivity contribution in [3.63, 3.8) is 0 Å². The number of thioether (sulfide) groups is 1. The van der Waals surface area contributed by atoms with Crippen molar-refractivity contribution in [2.45, 2.75) is 38.3 Å². The molecule has 1 amide bonds. The van der Waals surface area contributed by atoms with Gasteiger partial charge in [-0.3, -0.25) is 4.79 Å². The lowest BCUT2D eigenvalue weighted by Crippen LogP contribution is -2.48. The zero-order valence-corrected chi connectivity index (χ0v) is 14.3. The summed E-state index contributed by atoms with van der Waals surface area (Å²) in [7, 11) is 0. The molecule has 2 rings (SSSR count). The van der Waals surface area contributed by atoms with Crippen molar-refractivity contribution < 1.29 is 9.53 Å². The van der Waals surface area contributed by atoms with Crippen molar-refractivity contribution in [1.29, 1.82) is 0 Å². The smallest absolute Gasteiger partial charge is 0.239 e. The molecule has 1 atom stereocenters. The Hall–Kier alpha value is -1.20. The second-order valence-corrected chi connectivity index (χ2v) is 6.83. The third-order valence-corrected chi connectivity index (χ3v) is 4.67. The molecule has 0 radical (unpaired) electrons. The molecule has 0 bridgehead atoms. The van der Waals surface area contributed by atoms with Crippen molar-refractivity contribution in [1.82, 2.24) is 4.90 Å². The first-order valence-corrected chi connectivity index (χ1v) is 9.26. The SMILES string of the molecule is CSCC[C@H](N)C(=O)N1CCC(Oc2ccc(C)cc2)CC1. The van der Waals surface area contributed by atoms with E-state index in [-0.39, 0.29) is 18.1 Å². The number of hydrogen-bond acceptors (Lipinski definition) is 4. The average molecular weight is 322 g/mol. The molecule has 0 saturated carbocycles. The summed E-state index contributed by atoms with van der Waals surface area (Å²) in [4.78, 5) is 14.1. The molecule has 0 aromatic heterocycles. The van der Waals surface area contributed by atoms with E-state index in [0.29, 0.717) is 0 Å². The van der Waals surface area contributed by atoms with E-state index in [1.54, 1.807) is 11.8 Å². The third-order valence-electron chi connectivity index (χ3n) is 4.03. The molecule has 0 spiro atoms. The fourth-order valence-electron chi connectivity index (χ4n) is 2.61. The highest BCUT2D eigenvalue weighted by Crippen LogP contribution is 2.20. The van der Waals surface area contributed by atoms with Gasteiger partial charge in [0.15, 0.2) is 0 Å². The Morgan fingerprint density at radius 1 is 1.36 bits per heavy atom. The number of hydrogen-bond donors (Lipinski definition) is 1. The predicted octanol–water partition coefficient (Wildman–Crippen LogP) is 2.45. The van der Waals surface area contributed by atoms with Gasteiger partial charge in [0.1, 0.15) is 11.9 Å². The largest absolute Gasteiger partial charge is 0.490 e. The van der Waals surface area contributed by atoms with E-state index in [9.17, 15) is 4.79 Å². The maximum absolute atomic E-state index is 12.3. The van der Waals surface area contributed by atoms with E-state index in [2.05, 4.69) is 19.1 Å². The van der Waals surface area contributed by atoms with Crippen LogP contribution in [0.2, 0.25) is 0 Å². The normalized spacial score (nSPS) is 17.3. The molecule has 1 fully saturated rings. The van der Waals surface area contributed by atoms with Crippen LogP contribution in [0, 0.1) is 6.92 Å². The van der Waals surface area contributed by atoms with Gasteiger partial charge in [0, 0.05) is 25.9 Å². The highest BCUT2D eigenvalue weighted by molar-refractivity contribution is 7.98. The average Bonchev–Trinajstić information content (AvgIpc) is 2.55. The molecule has 1 heterocycles. The monoisotopic (exact) mass is 322 g/mol. The van der Waals surface area contributed by atoms with Crippen LogP contribution < -0.4 is 10.5 Å². The fourth-order valence-corrected chi connectivity index (χ4v) is 3.10. The van der Waals surface area contributed by atoms with Crippen LogP contribution >= 0.6 is 11.8 Å². The van der Waals surface area contributed by atoms with Crippen molar-refractivity contribution in [3.8, 4) is 5.75 Å². The molecule has 0 aliphatic carbocycles. The number of aryl methyl sites for hydroxylation is 1. The topological polar surface area (TPSA) is 55.6 Å². The van der Waals surface area contributed by atoms with Crippen molar-refractivity contribution in [2.75, 3.05) is 25.1 Å². The van der Waals surface area contributed by atoms with Crippen LogP contribution in [0.5, 0.6) is 5.75 Å². The summed E-state index contributed by atoms with van der Waals surface area (Å²) in [6.45, 7) is 3.54. The van der Waals surface area contributed by atoms with E-state index in [0.717, 1.165) is 43.9 Å². The maximum Gasteiger partial charge on any atom is 0.239 e. The van der Waals surface area contributed by atoms with Crippen LogP contribution in [0.4, 0.5) is 0 Å². The molecule has 1 aromatic rings. The van der Waals surface area contributed by atoms with E-state index < -0.39 is 0 Å². The van der Waals surface area contributed by atoms with Gasteiger partial charge < -0.3 is 15.4 Å². The summed E-state index contributed by atoms with van der Waals surface area (Å²) < 4.78 is 5.99. The molecule has 0 unspecified atom stereocenters. The minimum atomic E-state index is -0.359. The molecule has 1 saturated heterocycles. The number of piperidine rings is 1. The molecule has 1 aliphatic rings. The lowest BCUT2D eigenvalue weighted by Gasteiger charge is -2.33. The molecular weight excluding hydrogens is 296 g/mol. The number of rotatable bonds is 6. The predicted molar refractivity (Wildman–Crippen MR) is 92.4 cm³/mol. The molecule has 4 nitrogen and oxygen atoms in total. The molecule has 5 heteroatoms. The van der Waals surface area contributed by atoms with E-state index >= 15 is 0 Å². The lowest BCUT2D eigenvalue weighted by molar-refractivity contribution is -0.134. The van der Waals surface area contributed by atoms with Crippen LogP contribution in [0.1, 0.15) is 24.8 Å². The van der Waals surface area contributed by atoms with Crippen LogP contribution in [0.15, 0.2) is 24.3 Å². The Morgan fingerprint density at radius 3 is 2.59 bits per heavy atom. The highest BCUT2D eigenvalue weighted by atomic mass is 32.2. The number of benzene rings is 1. The van der Waals surface area contributed by atoms with Gasteiger partial charge >= 0.3 is 0 Å². The molecule has 22 heavy (non-hydrogen) atoms. The number of ether oxygens (including phenoxy) is 1. The number of amides is 1. The zero-order chi connectivity index (χ0) is 15.9. The molecule has 122 valence electrons. The number of nitrogens with two attached hydrogens (primary N) is 1.